The topological polar surface area (TPSA) is 51.5 Å². The molecule has 4 aromatic rings. The number of nitrogens with one attached hydrogen (secondary N) is 1. The monoisotopic (exact) mass is 484 g/mol. The van der Waals surface area contributed by atoms with E-state index < -0.39 is 0 Å². The molecule has 0 radical (unpaired) electrons. The molecule has 2 atom stereocenters. The first kappa shape index (κ1) is 22.9. The summed E-state index contributed by atoms with van der Waals surface area (Å²) >= 11 is 5.88. The largest absolute Gasteiger partial charge is 0.497 e. The van der Waals surface area contributed by atoms with Gasteiger partial charge in [0, 0.05) is 29.5 Å². The molecule has 7 heteroatoms. The van der Waals surface area contributed by atoms with Gasteiger partial charge in [-0.1, -0.05) is 6.07 Å². The van der Waals surface area contributed by atoms with Crippen LogP contribution in [0.5, 0.6) is 11.5 Å². The van der Waals surface area contributed by atoms with Gasteiger partial charge in [0.05, 0.1) is 24.9 Å². The van der Waals surface area contributed by atoms with Crippen molar-refractivity contribution in [2.75, 3.05) is 12.0 Å². The second-order valence-electron chi connectivity index (χ2n) is 8.66. The number of ether oxygens (including phenoxy) is 2. The van der Waals surface area contributed by atoms with Gasteiger partial charge < -0.3 is 24.3 Å². The number of pyridine rings is 1. The third-order valence-electron chi connectivity index (χ3n) is 6.02. The molecule has 2 aromatic carbocycles. The van der Waals surface area contributed by atoms with Gasteiger partial charge in [-0.2, -0.15) is 0 Å². The molecule has 1 N–H and O–H groups in total. The smallest absolute Gasteiger partial charge is 0.174 e. The second kappa shape index (κ2) is 9.80. The Kier molecular flexibility index (Phi) is 6.42. The zero-order valence-corrected chi connectivity index (χ0v) is 20.8. The highest BCUT2D eigenvalue weighted by molar-refractivity contribution is 7.80. The van der Waals surface area contributed by atoms with Crippen molar-refractivity contribution in [1.82, 2.24) is 14.9 Å². The number of hydrogen-bond acceptors (Lipinski definition) is 4. The number of hydrogen-bond donors (Lipinski definition) is 1. The first-order chi connectivity index (χ1) is 17.0. The van der Waals surface area contributed by atoms with E-state index in [4.69, 9.17) is 21.7 Å². The van der Waals surface area contributed by atoms with Gasteiger partial charge >= 0.3 is 0 Å². The maximum Gasteiger partial charge on any atom is 0.174 e. The van der Waals surface area contributed by atoms with Crippen LogP contribution >= 0.6 is 12.2 Å². The van der Waals surface area contributed by atoms with Crippen molar-refractivity contribution in [2.24, 2.45) is 0 Å². The van der Waals surface area contributed by atoms with Crippen LogP contribution in [-0.2, 0) is 0 Å². The average molecular weight is 485 g/mol. The van der Waals surface area contributed by atoms with Gasteiger partial charge in [-0.15, -0.1) is 0 Å². The highest BCUT2D eigenvalue weighted by atomic mass is 32.1. The summed E-state index contributed by atoms with van der Waals surface area (Å²) in [7, 11) is 1.67. The van der Waals surface area contributed by atoms with E-state index in [-0.39, 0.29) is 18.2 Å². The molecular formula is C28H28N4O2S. The van der Waals surface area contributed by atoms with Crippen molar-refractivity contribution in [1.29, 1.82) is 0 Å². The van der Waals surface area contributed by atoms with E-state index in [9.17, 15) is 0 Å². The van der Waals surface area contributed by atoms with Crippen molar-refractivity contribution in [3.05, 3.63) is 103 Å². The Hall–Kier alpha value is -3.84. The van der Waals surface area contributed by atoms with Crippen molar-refractivity contribution >= 4 is 23.0 Å². The molecule has 0 spiro atoms. The number of nitrogens with zero attached hydrogens (tertiary/aromatic N) is 3. The molecule has 3 heterocycles. The number of rotatable bonds is 7. The van der Waals surface area contributed by atoms with E-state index in [1.54, 1.807) is 7.11 Å². The summed E-state index contributed by atoms with van der Waals surface area (Å²) in [5.74, 6) is 1.66. The summed E-state index contributed by atoms with van der Waals surface area (Å²) in [5.41, 5.74) is 4.07. The Balaban J connectivity index is 1.59. The molecule has 1 aliphatic heterocycles. The van der Waals surface area contributed by atoms with Crippen molar-refractivity contribution in [3.8, 4) is 17.2 Å². The molecule has 6 nitrogen and oxygen atoms in total. The summed E-state index contributed by atoms with van der Waals surface area (Å²) in [4.78, 5) is 6.83. The van der Waals surface area contributed by atoms with Gasteiger partial charge in [0.1, 0.15) is 17.5 Å². The van der Waals surface area contributed by atoms with Crippen molar-refractivity contribution < 1.29 is 9.47 Å². The van der Waals surface area contributed by atoms with Crippen LogP contribution in [0.3, 0.4) is 0 Å². The number of methoxy groups -OCH3 is 1. The summed E-state index contributed by atoms with van der Waals surface area (Å²) in [6.07, 6.45) is 4.01. The minimum atomic E-state index is -0.123. The third-order valence-corrected chi connectivity index (χ3v) is 6.33. The highest BCUT2D eigenvalue weighted by Crippen LogP contribution is 2.42. The SMILES string of the molecule is COc1ccc(-n2cccc2[C@H]2[C@H](c3ccccn3)NC(=S)N2c2ccc(OC(C)C)cc2)cc1. The Bertz CT molecular complexity index is 1290. The molecule has 1 fully saturated rings. The summed E-state index contributed by atoms with van der Waals surface area (Å²) in [6.45, 7) is 4.04. The van der Waals surface area contributed by atoms with Crippen LogP contribution in [0.2, 0.25) is 0 Å². The number of anilines is 1. The zero-order chi connectivity index (χ0) is 24.4. The fourth-order valence-electron chi connectivity index (χ4n) is 4.50. The van der Waals surface area contributed by atoms with Gasteiger partial charge in [0.15, 0.2) is 5.11 Å². The molecule has 1 aliphatic rings. The van der Waals surface area contributed by atoms with Crippen molar-refractivity contribution in [3.63, 3.8) is 0 Å². The molecule has 2 aromatic heterocycles. The minimum absolute atomic E-state index is 0.115. The summed E-state index contributed by atoms with van der Waals surface area (Å²) in [6, 6.07) is 26.1. The van der Waals surface area contributed by atoms with Crippen LogP contribution in [-0.4, -0.2) is 27.9 Å². The van der Waals surface area contributed by atoms with Crippen molar-refractivity contribution in [2.45, 2.75) is 32.0 Å². The predicted octanol–water partition coefficient (Wildman–Crippen LogP) is 5.85. The number of benzene rings is 2. The van der Waals surface area contributed by atoms with Gasteiger partial charge in [-0.25, -0.2) is 0 Å². The second-order valence-corrected chi connectivity index (χ2v) is 9.04. The van der Waals surface area contributed by atoms with E-state index in [1.807, 2.05) is 62.5 Å². The quantitative estimate of drug-likeness (QED) is 0.332. The molecule has 0 amide bonds. The lowest BCUT2D eigenvalue weighted by molar-refractivity contribution is 0.242. The Morgan fingerprint density at radius 1 is 0.886 bits per heavy atom. The first-order valence-corrected chi connectivity index (χ1v) is 12.0. The molecule has 178 valence electrons. The van der Waals surface area contributed by atoms with Crippen LogP contribution < -0.4 is 19.7 Å². The third kappa shape index (κ3) is 4.59. The average Bonchev–Trinajstić information content (AvgIpc) is 3.49. The lowest BCUT2D eigenvalue weighted by Crippen LogP contribution is -2.30. The lowest BCUT2D eigenvalue weighted by atomic mass is 10.0. The van der Waals surface area contributed by atoms with Crippen LogP contribution in [0, 0.1) is 0 Å². The predicted molar refractivity (Wildman–Crippen MR) is 142 cm³/mol. The van der Waals surface area contributed by atoms with E-state index >= 15 is 0 Å². The Morgan fingerprint density at radius 2 is 1.60 bits per heavy atom. The van der Waals surface area contributed by atoms with Crippen LogP contribution in [0.15, 0.2) is 91.3 Å². The van der Waals surface area contributed by atoms with E-state index in [0.29, 0.717) is 5.11 Å². The van der Waals surface area contributed by atoms with E-state index in [0.717, 1.165) is 34.3 Å². The Labute approximate surface area is 211 Å². The number of thiocarbonyl (C=S) groups is 1. The number of aromatic nitrogens is 2. The summed E-state index contributed by atoms with van der Waals surface area (Å²) in [5, 5.41) is 4.19. The normalized spacial score (nSPS) is 17.5. The molecule has 1 saturated heterocycles. The van der Waals surface area contributed by atoms with E-state index in [2.05, 4.69) is 62.4 Å². The van der Waals surface area contributed by atoms with Crippen LogP contribution in [0.25, 0.3) is 5.69 Å². The Morgan fingerprint density at radius 3 is 2.26 bits per heavy atom. The van der Waals surface area contributed by atoms with Gasteiger partial charge in [0.2, 0.25) is 0 Å². The van der Waals surface area contributed by atoms with Crippen LogP contribution in [0.4, 0.5) is 5.69 Å². The maximum atomic E-state index is 5.88. The fourth-order valence-corrected chi connectivity index (χ4v) is 4.85. The van der Waals surface area contributed by atoms with E-state index in [1.165, 1.54) is 0 Å². The van der Waals surface area contributed by atoms with Gasteiger partial charge in [0.25, 0.3) is 0 Å². The fraction of sp³-hybridized carbons (Fsp3) is 0.214. The summed E-state index contributed by atoms with van der Waals surface area (Å²) < 4.78 is 13.4. The van der Waals surface area contributed by atoms with Crippen LogP contribution in [0.1, 0.15) is 37.3 Å². The minimum Gasteiger partial charge on any atom is -0.497 e. The first-order valence-electron chi connectivity index (χ1n) is 11.6. The zero-order valence-electron chi connectivity index (χ0n) is 20.0. The highest BCUT2D eigenvalue weighted by Gasteiger charge is 2.42. The molecule has 0 bridgehead atoms. The molecular weight excluding hydrogens is 456 g/mol. The lowest BCUT2D eigenvalue weighted by Gasteiger charge is -2.29. The standard InChI is InChI=1S/C28H28N4O2S/c1-19(2)34-23-15-11-21(12-16-23)32-27(26(30-28(32)35)24-7-4-5-17-29-24)25-8-6-18-31(25)20-9-13-22(33-3)14-10-20/h4-19,26-27H,1-3H3,(H,30,35)/t26-,27-/m0/s1. The van der Waals surface area contributed by atoms with Gasteiger partial charge in [-0.05, 0) is 98.9 Å². The maximum absolute atomic E-state index is 5.88. The molecule has 35 heavy (non-hydrogen) atoms. The molecule has 0 saturated carbocycles. The molecule has 5 rings (SSSR count). The van der Waals surface area contributed by atoms with Gasteiger partial charge in [-0.3, -0.25) is 4.98 Å². The molecule has 0 unspecified atom stereocenters. The molecule has 0 aliphatic carbocycles.